The van der Waals surface area contributed by atoms with Crippen molar-refractivity contribution >= 4 is 21.2 Å². The molecule has 0 spiro atoms. The Kier molecular flexibility index (Phi) is 8.76. The van der Waals surface area contributed by atoms with Crippen LogP contribution in [0, 0.1) is 6.92 Å². The number of hydrogen-bond donors (Lipinski definition) is 1. The van der Waals surface area contributed by atoms with Crippen LogP contribution >= 0.6 is 0 Å². The summed E-state index contributed by atoms with van der Waals surface area (Å²) in [5, 5.41) is 4.62. The molecule has 0 fully saturated rings. The van der Waals surface area contributed by atoms with Crippen LogP contribution in [-0.4, -0.2) is 41.2 Å². The molecule has 0 saturated carbocycles. The highest BCUT2D eigenvalue weighted by Gasteiger charge is 2.32. The van der Waals surface area contributed by atoms with Gasteiger partial charge in [0.2, 0.25) is 0 Å². The molecule has 2 aromatic carbocycles. The van der Waals surface area contributed by atoms with E-state index < -0.39 is 27.3 Å². The van der Waals surface area contributed by atoms with Crippen LogP contribution < -0.4 is 14.6 Å². The van der Waals surface area contributed by atoms with E-state index >= 15 is 0 Å². The van der Waals surface area contributed by atoms with E-state index in [0.717, 1.165) is 41.8 Å². The molecule has 13 heteroatoms. The van der Waals surface area contributed by atoms with Crippen molar-refractivity contribution in [1.29, 1.82) is 0 Å². The van der Waals surface area contributed by atoms with Crippen molar-refractivity contribution in [3.05, 3.63) is 69.9 Å². The minimum Gasteiger partial charge on any atom is -0.493 e. The lowest BCUT2D eigenvalue weighted by Gasteiger charge is -2.24. The third-order valence-corrected chi connectivity index (χ3v) is 8.49. The predicted molar refractivity (Wildman–Crippen MR) is 150 cm³/mol. The number of ether oxygens (including phenoxy) is 1. The number of hydrogen-bond acceptors (Lipinski definition) is 6. The summed E-state index contributed by atoms with van der Waals surface area (Å²) in [5.74, 6) is 0.960. The molecule has 0 aliphatic rings. The first-order valence-corrected chi connectivity index (χ1v) is 14.8. The lowest BCUT2D eigenvalue weighted by atomic mass is 10.2. The Morgan fingerprint density at radius 1 is 1.07 bits per heavy atom. The smallest absolute Gasteiger partial charge is 0.416 e. The largest absolute Gasteiger partial charge is 0.493 e. The molecule has 4 rings (SSSR count). The zero-order valence-electron chi connectivity index (χ0n) is 23.2. The Bertz CT molecular complexity index is 1710. The fourth-order valence-corrected chi connectivity index (χ4v) is 6.14. The lowest BCUT2D eigenvalue weighted by molar-refractivity contribution is -0.137. The number of sulfonamides is 1. The first-order chi connectivity index (χ1) is 19.4. The van der Waals surface area contributed by atoms with E-state index in [0.29, 0.717) is 23.5 Å². The number of aromatic amines is 1. The van der Waals surface area contributed by atoms with Gasteiger partial charge in [-0.15, -0.1) is 5.10 Å². The highest BCUT2D eigenvalue weighted by molar-refractivity contribution is 7.92. The van der Waals surface area contributed by atoms with Crippen molar-refractivity contribution in [3.63, 3.8) is 0 Å². The van der Waals surface area contributed by atoms with Crippen molar-refractivity contribution in [2.24, 2.45) is 0 Å². The number of imidazole rings is 1. The normalized spacial score (nSPS) is 12.2. The molecular formula is C28H32F3N5O4S. The Morgan fingerprint density at radius 3 is 2.49 bits per heavy atom. The number of aromatic nitrogens is 4. The second-order valence-electron chi connectivity index (χ2n) is 9.44. The highest BCUT2D eigenvalue weighted by atomic mass is 32.2. The molecule has 220 valence electrons. The highest BCUT2D eigenvalue weighted by Crippen LogP contribution is 2.35. The van der Waals surface area contributed by atoms with E-state index in [-0.39, 0.29) is 40.9 Å². The van der Waals surface area contributed by atoms with Crippen LogP contribution in [-0.2, 0) is 22.6 Å². The van der Waals surface area contributed by atoms with Gasteiger partial charge in [-0.05, 0) is 63.6 Å². The fourth-order valence-electron chi connectivity index (χ4n) is 4.64. The molecule has 1 N–H and O–H groups in total. The number of alkyl halides is 3. The van der Waals surface area contributed by atoms with E-state index in [1.807, 2.05) is 0 Å². The van der Waals surface area contributed by atoms with Gasteiger partial charge in [-0.3, -0.25) is 9.10 Å². The molecule has 0 atom stereocenters. The van der Waals surface area contributed by atoms with Gasteiger partial charge in [0.05, 0.1) is 34.0 Å². The van der Waals surface area contributed by atoms with Crippen LogP contribution in [0.25, 0.3) is 16.9 Å². The van der Waals surface area contributed by atoms with Crippen molar-refractivity contribution in [3.8, 4) is 17.1 Å². The molecule has 0 unspecified atom stereocenters. The standard InChI is InChI=1S/C28H32F3N5O4S/c1-5-8-9-13-24-32-18(4)25-27(37)33-26(34-36(24)25)22-17-21(14-15-23(22)40-7-3)41(38,39)35(6-2)20-12-10-11-19(16-20)28(29,30)31/h10-12,14-17H,5-9,13H2,1-4H3,(H,33,34,37). The van der Waals surface area contributed by atoms with Crippen molar-refractivity contribution < 1.29 is 26.3 Å². The average molecular weight is 592 g/mol. The lowest BCUT2D eigenvalue weighted by Crippen LogP contribution is -2.31. The monoisotopic (exact) mass is 591 g/mol. The molecule has 0 aliphatic heterocycles. The van der Waals surface area contributed by atoms with Gasteiger partial charge >= 0.3 is 6.18 Å². The fraction of sp³-hybridized carbons (Fsp3) is 0.393. The van der Waals surface area contributed by atoms with E-state index in [1.54, 1.807) is 13.8 Å². The third-order valence-electron chi connectivity index (χ3n) is 6.59. The predicted octanol–water partition coefficient (Wildman–Crippen LogP) is 5.76. The van der Waals surface area contributed by atoms with Crippen molar-refractivity contribution in [2.75, 3.05) is 17.5 Å². The molecule has 4 aromatic rings. The summed E-state index contributed by atoms with van der Waals surface area (Å²) in [6.07, 6.45) is -1.18. The van der Waals surface area contributed by atoms with Gasteiger partial charge in [0.25, 0.3) is 15.6 Å². The summed E-state index contributed by atoms with van der Waals surface area (Å²) in [6, 6.07) is 8.21. The number of nitrogens with zero attached hydrogens (tertiary/aromatic N) is 4. The number of nitrogens with one attached hydrogen (secondary N) is 1. The summed E-state index contributed by atoms with van der Waals surface area (Å²) in [5.41, 5.74) is -0.510. The molecule has 0 saturated heterocycles. The maximum Gasteiger partial charge on any atom is 0.416 e. The molecule has 0 bridgehead atoms. The molecule has 0 amide bonds. The van der Waals surface area contributed by atoms with E-state index in [9.17, 15) is 26.4 Å². The Hall–Kier alpha value is -3.87. The topological polar surface area (TPSA) is 110 Å². The summed E-state index contributed by atoms with van der Waals surface area (Å²) in [4.78, 5) is 20.2. The summed E-state index contributed by atoms with van der Waals surface area (Å²) >= 11 is 0. The number of benzene rings is 2. The minimum absolute atomic E-state index is 0.0688. The summed E-state index contributed by atoms with van der Waals surface area (Å²) in [7, 11) is -4.33. The second kappa shape index (κ2) is 11.9. The molecule has 0 radical (unpaired) electrons. The number of H-pyrrole nitrogens is 1. The average Bonchev–Trinajstić information content (AvgIpc) is 3.24. The molecule has 9 nitrogen and oxygen atoms in total. The van der Waals surface area contributed by atoms with Crippen LogP contribution in [0.5, 0.6) is 5.75 Å². The minimum atomic E-state index is -4.64. The zero-order chi connectivity index (χ0) is 29.9. The van der Waals surface area contributed by atoms with Gasteiger partial charge in [-0.25, -0.2) is 17.9 Å². The first kappa shape index (κ1) is 30.1. The van der Waals surface area contributed by atoms with E-state index in [1.165, 1.54) is 35.7 Å². The van der Waals surface area contributed by atoms with Crippen LogP contribution in [0.4, 0.5) is 18.9 Å². The first-order valence-electron chi connectivity index (χ1n) is 13.4. The maximum absolute atomic E-state index is 13.8. The molecular weight excluding hydrogens is 559 g/mol. The number of unbranched alkanes of at least 4 members (excludes halogenated alkanes) is 2. The van der Waals surface area contributed by atoms with Gasteiger partial charge in [0, 0.05) is 13.0 Å². The van der Waals surface area contributed by atoms with Crippen molar-refractivity contribution in [2.45, 2.75) is 64.5 Å². The molecule has 2 aromatic heterocycles. The molecule has 2 heterocycles. The Labute approximate surface area is 236 Å². The quantitative estimate of drug-likeness (QED) is 0.222. The van der Waals surface area contributed by atoms with E-state index in [2.05, 4.69) is 22.0 Å². The number of fused-ring (bicyclic) bond motifs is 1. The third kappa shape index (κ3) is 6.09. The number of aryl methyl sites for hydroxylation is 2. The van der Waals surface area contributed by atoms with Gasteiger partial charge in [0.1, 0.15) is 11.6 Å². The van der Waals surface area contributed by atoms with Crippen LogP contribution in [0.3, 0.4) is 0 Å². The van der Waals surface area contributed by atoms with Gasteiger partial charge in [-0.2, -0.15) is 13.2 Å². The van der Waals surface area contributed by atoms with Gasteiger partial charge in [0.15, 0.2) is 11.3 Å². The van der Waals surface area contributed by atoms with Crippen molar-refractivity contribution in [1.82, 2.24) is 19.6 Å². The van der Waals surface area contributed by atoms with E-state index in [4.69, 9.17) is 4.74 Å². The SMILES string of the molecule is CCCCCc1nc(C)c2c(=O)[nH]c(-c3cc(S(=O)(=O)N(CC)c4cccc(C(F)(F)F)c4)ccc3OCC)nn12. The van der Waals surface area contributed by atoms with Crippen LogP contribution in [0.1, 0.15) is 57.1 Å². The van der Waals surface area contributed by atoms with Gasteiger partial charge in [-0.1, -0.05) is 25.8 Å². The second-order valence-corrected chi connectivity index (χ2v) is 11.3. The number of halogens is 3. The summed E-state index contributed by atoms with van der Waals surface area (Å²) in [6.45, 7) is 7.22. The molecule has 0 aliphatic carbocycles. The zero-order valence-corrected chi connectivity index (χ0v) is 24.1. The Morgan fingerprint density at radius 2 is 1.83 bits per heavy atom. The maximum atomic E-state index is 13.8. The van der Waals surface area contributed by atoms with Crippen LogP contribution in [0.15, 0.2) is 52.2 Å². The molecule has 41 heavy (non-hydrogen) atoms. The van der Waals surface area contributed by atoms with Crippen LogP contribution in [0.2, 0.25) is 0 Å². The summed E-state index contributed by atoms with van der Waals surface area (Å²) < 4.78 is 75.7. The van der Waals surface area contributed by atoms with Gasteiger partial charge < -0.3 is 9.72 Å². The Balaban J connectivity index is 1.85. The number of anilines is 1. The number of rotatable bonds is 11.